The maximum Gasteiger partial charge on any atom is 0.251 e. The van der Waals surface area contributed by atoms with E-state index in [1.807, 2.05) is 17.9 Å². The molecule has 0 bridgehead atoms. The molecule has 0 radical (unpaired) electrons. The molecule has 2 aliphatic rings. The number of nitrogens with one attached hydrogen (secondary N) is 1. The van der Waals surface area contributed by atoms with Gasteiger partial charge in [-0.1, -0.05) is 12.1 Å². The highest BCUT2D eigenvalue weighted by Crippen LogP contribution is 2.28. The highest BCUT2D eigenvalue weighted by atomic mass is 19.1. The number of aromatic amines is 1. The molecule has 0 spiro atoms. The van der Waals surface area contributed by atoms with Gasteiger partial charge in [0.25, 0.3) is 5.91 Å². The minimum Gasteiger partial charge on any atom is -0.365 e. The van der Waals surface area contributed by atoms with Gasteiger partial charge in [-0.05, 0) is 38.3 Å². The van der Waals surface area contributed by atoms with E-state index in [9.17, 15) is 9.18 Å². The molecule has 0 unspecified atom stereocenters. The van der Waals surface area contributed by atoms with Crippen LogP contribution in [0.4, 0.5) is 4.39 Å². The van der Waals surface area contributed by atoms with E-state index in [0.29, 0.717) is 19.5 Å². The number of carbonyl (C=O) groups is 1. The highest BCUT2D eigenvalue weighted by Gasteiger charge is 2.32. The molecule has 25 heavy (non-hydrogen) atoms. The number of rotatable bonds is 2. The van der Waals surface area contributed by atoms with Gasteiger partial charge in [-0.2, -0.15) is 5.10 Å². The summed E-state index contributed by atoms with van der Waals surface area (Å²) >= 11 is 0. The van der Waals surface area contributed by atoms with E-state index in [0.717, 1.165) is 41.8 Å². The maximum absolute atomic E-state index is 13.5. The first-order valence-electron chi connectivity index (χ1n) is 8.88. The van der Waals surface area contributed by atoms with E-state index < -0.39 is 0 Å². The lowest BCUT2D eigenvalue weighted by Gasteiger charge is -2.23. The van der Waals surface area contributed by atoms with Crippen LogP contribution in [0.15, 0.2) is 24.3 Å². The van der Waals surface area contributed by atoms with Crippen molar-refractivity contribution in [3.05, 3.63) is 41.3 Å². The van der Waals surface area contributed by atoms with Crippen molar-refractivity contribution < 1.29 is 13.9 Å². The molecule has 5 nitrogen and oxygen atoms in total. The van der Waals surface area contributed by atoms with Crippen LogP contribution in [-0.2, 0) is 22.4 Å². The van der Waals surface area contributed by atoms with Crippen LogP contribution < -0.4 is 0 Å². The van der Waals surface area contributed by atoms with Crippen LogP contribution in [0.25, 0.3) is 11.3 Å². The number of ether oxygens (including phenoxy) is 1. The number of carbonyl (C=O) groups excluding carboxylic acids is 1. The summed E-state index contributed by atoms with van der Waals surface area (Å²) < 4.78 is 19.3. The van der Waals surface area contributed by atoms with Crippen molar-refractivity contribution in [1.82, 2.24) is 15.1 Å². The predicted octanol–water partition coefficient (Wildman–Crippen LogP) is 2.71. The fourth-order valence-corrected chi connectivity index (χ4v) is 3.77. The van der Waals surface area contributed by atoms with Gasteiger partial charge in [0.05, 0.1) is 11.8 Å². The Hall–Kier alpha value is -2.21. The van der Waals surface area contributed by atoms with Gasteiger partial charge in [-0.3, -0.25) is 9.89 Å². The molecule has 1 fully saturated rings. The highest BCUT2D eigenvalue weighted by molar-refractivity contribution is 5.81. The summed E-state index contributed by atoms with van der Waals surface area (Å²) in [6.07, 6.45) is 3.05. The number of amides is 1. The monoisotopic (exact) mass is 343 g/mol. The van der Waals surface area contributed by atoms with E-state index in [1.54, 1.807) is 6.07 Å². The van der Waals surface area contributed by atoms with Crippen molar-refractivity contribution >= 4 is 5.91 Å². The third-order valence-electron chi connectivity index (χ3n) is 5.13. The lowest BCUT2D eigenvalue weighted by molar-refractivity contribution is -0.142. The number of nitrogens with zero attached hydrogens (tertiary/aromatic N) is 2. The zero-order valence-electron chi connectivity index (χ0n) is 14.3. The summed E-state index contributed by atoms with van der Waals surface area (Å²) in [6, 6.07) is 6.48. The third kappa shape index (κ3) is 3.18. The molecule has 2 aromatic rings. The average molecular weight is 343 g/mol. The lowest BCUT2D eigenvalue weighted by atomic mass is 10.0. The average Bonchev–Trinajstić information content (AvgIpc) is 3.15. The quantitative estimate of drug-likeness (QED) is 0.912. The number of halogens is 1. The second kappa shape index (κ2) is 6.59. The maximum atomic E-state index is 13.5. The first-order valence-corrected chi connectivity index (χ1v) is 8.88. The fraction of sp³-hybridized carbons (Fsp3) is 0.474. The van der Waals surface area contributed by atoms with E-state index in [4.69, 9.17) is 4.74 Å². The molecule has 1 saturated heterocycles. The largest absolute Gasteiger partial charge is 0.365 e. The Bertz CT molecular complexity index is 789. The SMILES string of the molecule is C[C@@H]1CC[C@H](C(=O)N2CCc3[nH]nc(-c4cccc(F)c4)c3CC2)O1. The van der Waals surface area contributed by atoms with Crippen molar-refractivity contribution in [2.75, 3.05) is 13.1 Å². The normalized spacial score (nSPS) is 23.4. The summed E-state index contributed by atoms with van der Waals surface area (Å²) in [6.45, 7) is 3.31. The zero-order chi connectivity index (χ0) is 17.4. The smallest absolute Gasteiger partial charge is 0.251 e. The van der Waals surface area contributed by atoms with Crippen LogP contribution in [0.2, 0.25) is 0 Å². The van der Waals surface area contributed by atoms with Crippen LogP contribution in [0.5, 0.6) is 0 Å². The molecule has 4 rings (SSSR count). The van der Waals surface area contributed by atoms with Gasteiger partial charge in [-0.25, -0.2) is 4.39 Å². The Balaban J connectivity index is 1.52. The molecular formula is C19H22FN3O2. The molecule has 132 valence electrons. The van der Waals surface area contributed by atoms with E-state index in [-0.39, 0.29) is 23.9 Å². The summed E-state index contributed by atoms with van der Waals surface area (Å²) in [5.41, 5.74) is 3.68. The molecule has 3 heterocycles. The van der Waals surface area contributed by atoms with Gasteiger partial charge in [0.15, 0.2) is 0 Å². The second-order valence-electron chi connectivity index (χ2n) is 6.88. The number of aromatic nitrogens is 2. The topological polar surface area (TPSA) is 58.2 Å². The molecule has 1 aromatic heterocycles. The van der Waals surface area contributed by atoms with E-state index >= 15 is 0 Å². The minimum absolute atomic E-state index is 0.0924. The summed E-state index contributed by atoms with van der Waals surface area (Å²) in [5, 5.41) is 7.47. The molecule has 0 aliphatic carbocycles. The second-order valence-corrected chi connectivity index (χ2v) is 6.88. The van der Waals surface area contributed by atoms with Crippen molar-refractivity contribution in [2.24, 2.45) is 0 Å². The lowest BCUT2D eigenvalue weighted by Crippen LogP contribution is -2.40. The van der Waals surface area contributed by atoms with Crippen molar-refractivity contribution in [3.63, 3.8) is 0 Å². The number of hydrogen-bond acceptors (Lipinski definition) is 3. The molecule has 6 heteroatoms. The first-order chi connectivity index (χ1) is 12.1. The summed E-state index contributed by atoms with van der Waals surface area (Å²) in [7, 11) is 0. The number of hydrogen-bond donors (Lipinski definition) is 1. The molecule has 1 N–H and O–H groups in total. The van der Waals surface area contributed by atoms with Gasteiger partial charge in [0, 0.05) is 36.3 Å². The molecular weight excluding hydrogens is 321 g/mol. The number of H-pyrrole nitrogens is 1. The Labute approximate surface area is 146 Å². The van der Waals surface area contributed by atoms with E-state index in [2.05, 4.69) is 10.2 Å². The Morgan fingerprint density at radius 3 is 2.92 bits per heavy atom. The standard InChI is InChI=1S/C19H22FN3O2/c1-12-5-6-17(25-12)19(24)23-9-7-15-16(8-10-23)21-22-18(15)13-3-2-4-14(20)11-13/h2-4,11-12,17H,5-10H2,1H3,(H,21,22)/t12-,17-/m1/s1. The van der Waals surface area contributed by atoms with Crippen LogP contribution in [0, 0.1) is 5.82 Å². The molecule has 0 saturated carbocycles. The summed E-state index contributed by atoms with van der Waals surface area (Å²) in [4.78, 5) is 14.6. The number of benzene rings is 1. The minimum atomic E-state index is -0.299. The van der Waals surface area contributed by atoms with Crippen LogP contribution in [0.1, 0.15) is 31.0 Å². The zero-order valence-corrected chi connectivity index (χ0v) is 14.3. The van der Waals surface area contributed by atoms with Gasteiger partial charge >= 0.3 is 0 Å². The van der Waals surface area contributed by atoms with Gasteiger partial charge in [0.1, 0.15) is 11.9 Å². The number of fused-ring (bicyclic) bond motifs is 1. The van der Waals surface area contributed by atoms with Gasteiger partial charge in [0.2, 0.25) is 0 Å². The van der Waals surface area contributed by atoms with Crippen LogP contribution in [0.3, 0.4) is 0 Å². The fourth-order valence-electron chi connectivity index (χ4n) is 3.77. The molecule has 2 atom stereocenters. The van der Waals surface area contributed by atoms with Crippen molar-refractivity contribution in [1.29, 1.82) is 0 Å². The van der Waals surface area contributed by atoms with Gasteiger partial charge in [-0.15, -0.1) is 0 Å². The molecule has 2 aliphatic heterocycles. The van der Waals surface area contributed by atoms with Crippen molar-refractivity contribution in [2.45, 2.75) is 44.8 Å². The van der Waals surface area contributed by atoms with Crippen LogP contribution >= 0.6 is 0 Å². The summed E-state index contributed by atoms with van der Waals surface area (Å²) in [5.74, 6) is -0.179. The van der Waals surface area contributed by atoms with Gasteiger partial charge < -0.3 is 9.64 Å². The van der Waals surface area contributed by atoms with E-state index in [1.165, 1.54) is 12.1 Å². The first kappa shape index (κ1) is 16.3. The Morgan fingerprint density at radius 2 is 2.16 bits per heavy atom. The molecule has 1 aromatic carbocycles. The Kier molecular flexibility index (Phi) is 4.29. The molecule has 1 amide bonds. The predicted molar refractivity (Wildman–Crippen MR) is 91.5 cm³/mol. The van der Waals surface area contributed by atoms with Crippen LogP contribution in [-0.4, -0.2) is 46.3 Å². The Morgan fingerprint density at radius 1 is 1.32 bits per heavy atom. The van der Waals surface area contributed by atoms with Crippen molar-refractivity contribution in [3.8, 4) is 11.3 Å². The third-order valence-corrected chi connectivity index (χ3v) is 5.13.